The van der Waals surface area contributed by atoms with Crippen molar-refractivity contribution in [2.24, 2.45) is 5.73 Å². The zero-order valence-corrected chi connectivity index (χ0v) is 10.8. The van der Waals surface area contributed by atoms with Gasteiger partial charge in [0.15, 0.2) is 6.29 Å². The second-order valence-corrected chi connectivity index (χ2v) is 4.56. The molecule has 0 aliphatic carbocycles. The lowest BCUT2D eigenvalue weighted by Gasteiger charge is -2.15. The van der Waals surface area contributed by atoms with Gasteiger partial charge in [-0.25, -0.2) is 0 Å². The normalized spacial score (nSPS) is 22.8. The molecule has 1 aliphatic heterocycles. The molecule has 4 heteroatoms. The van der Waals surface area contributed by atoms with Crippen LogP contribution in [0.5, 0.6) is 5.75 Å². The van der Waals surface area contributed by atoms with E-state index in [1.165, 1.54) is 0 Å². The maximum atomic E-state index is 5.79. The van der Waals surface area contributed by atoms with Crippen molar-refractivity contribution in [1.29, 1.82) is 0 Å². The fourth-order valence-electron chi connectivity index (χ4n) is 2.41. The number of methoxy groups -OCH3 is 1. The van der Waals surface area contributed by atoms with Gasteiger partial charge in [0.2, 0.25) is 0 Å². The Morgan fingerprint density at radius 3 is 2.68 bits per heavy atom. The van der Waals surface area contributed by atoms with Crippen LogP contribution in [0.15, 0.2) is 36.4 Å². The molecule has 2 aromatic carbocycles. The number of rotatable bonds is 3. The van der Waals surface area contributed by atoms with Crippen molar-refractivity contribution in [3.05, 3.63) is 42.0 Å². The second-order valence-electron chi connectivity index (χ2n) is 4.56. The van der Waals surface area contributed by atoms with Gasteiger partial charge < -0.3 is 19.9 Å². The third-order valence-electron chi connectivity index (χ3n) is 3.40. The molecule has 0 amide bonds. The summed E-state index contributed by atoms with van der Waals surface area (Å²) in [4.78, 5) is 0. The number of nitrogens with two attached hydrogens (primary N) is 1. The summed E-state index contributed by atoms with van der Waals surface area (Å²) < 4.78 is 16.9. The second kappa shape index (κ2) is 5.17. The van der Waals surface area contributed by atoms with Gasteiger partial charge in [-0.15, -0.1) is 0 Å². The van der Waals surface area contributed by atoms with E-state index < -0.39 is 0 Å². The molecule has 19 heavy (non-hydrogen) atoms. The van der Waals surface area contributed by atoms with Crippen LogP contribution in [0.4, 0.5) is 0 Å². The van der Waals surface area contributed by atoms with E-state index in [1.54, 1.807) is 7.11 Å². The largest absolute Gasteiger partial charge is 0.496 e. The summed E-state index contributed by atoms with van der Waals surface area (Å²) in [5.41, 5.74) is 6.63. The first-order valence-corrected chi connectivity index (χ1v) is 6.36. The topological polar surface area (TPSA) is 53.7 Å². The average Bonchev–Trinajstić information content (AvgIpc) is 2.95. The maximum Gasteiger partial charge on any atom is 0.185 e. The zero-order valence-electron chi connectivity index (χ0n) is 10.8. The van der Waals surface area contributed by atoms with Gasteiger partial charge >= 0.3 is 0 Å². The molecule has 2 aromatic rings. The first kappa shape index (κ1) is 12.4. The lowest BCUT2D eigenvalue weighted by molar-refractivity contribution is -0.0574. The summed E-state index contributed by atoms with van der Waals surface area (Å²) in [7, 11) is 1.68. The van der Waals surface area contributed by atoms with E-state index >= 15 is 0 Å². The van der Waals surface area contributed by atoms with E-state index in [1.807, 2.05) is 30.3 Å². The molecule has 0 aromatic heterocycles. The summed E-state index contributed by atoms with van der Waals surface area (Å²) in [6.07, 6.45) is -0.366. The molecule has 4 nitrogen and oxygen atoms in total. The van der Waals surface area contributed by atoms with Gasteiger partial charge in [-0.05, 0) is 17.5 Å². The molecule has 0 radical (unpaired) electrons. The SMILES string of the molecule is COc1ccc(C2OCC(CN)O2)c2ccccc12. The lowest BCUT2D eigenvalue weighted by atomic mass is 10.0. The van der Waals surface area contributed by atoms with Crippen LogP contribution in [0.1, 0.15) is 11.9 Å². The minimum absolute atomic E-state index is 0.0223. The number of hydrogen-bond donors (Lipinski definition) is 1. The first-order valence-electron chi connectivity index (χ1n) is 6.36. The first-order chi connectivity index (χ1) is 9.33. The number of hydrogen-bond acceptors (Lipinski definition) is 4. The number of fused-ring (bicyclic) bond motifs is 1. The van der Waals surface area contributed by atoms with Crippen LogP contribution in [0, 0.1) is 0 Å². The Morgan fingerprint density at radius 1 is 1.21 bits per heavy atom. The molecule has 1 heterocycles. The molecule has 0 saturated carbocycles. The van der Waals surface area contributed by atoms with Crippen molar-refractivity contribution in [2.75, 3.05) is 20.3 Å². The molecule has 1 aliphatic rings. The van der Waals surface area contributed by atoms with Gasteiger partial charge in [0.25, 0.3) is 0 Å². The molecule has 0 spiro atoms. The molecule has 100 valence electrons. The van der Waals surface area contributed by atoms with E-state index in [0.29, 0.717) is 13.2 Å². The van der Waals surface area contributed by atoms with Crippen LogP contribution < -0.4 is 10.5 Å². The van der Waals surface area contributed by atoms with Crippen molar-refractivity contribution >= 4 is 10.8 Å². The van der Waals surface area contributed by atoms with E-state index in [0.717, 1.165) is 22.1 Å². The molecule has 2 atom stereocenters. The van der Waals surface area contributed by atoms with E-state index in [-0.39, 0.29) is 12.4 Å². The van der Waals surface area contributed by atoms with Gasteiger partial charge in [-0.3, -0.25) is 0 Å². The maximum absolute atomic E-state index is 5.79. The van der Waals surface area contributed by atoms with Gasteiger partial charge in [-0.2, -0.15) is 0 Å². The number of benzene rings is 2. The van der Waals surface area contributed by atoms with Crippen molar-refractivity contribution in [1.82, 2.24) is 0 Å². The molecule has 1 fully saturated rings. The van der Waals surface area contributed by atoms with Crippen molar-refractivity contribution in [3.8, 4) is 5.75 Å². The summed E-state index contributed by atoms with van der Waals surface area (Å²) in [5.74, 6) is 0.854. The highest BCUT2D eigenvalue weighted by molar-refractivity contribution is 5.91. The highest BCUT2D eigenvalue weighted by Crippen LogP contribution is 2.35. The molecule has 0 bridgehead atoms. The van der Waals surface area contributed by atoms with Crippen LogP contribution >= 0.6 is 0 Å². The average molecular weight is 259 g/mol. The third kappa shape index (κ3) is 2.18. The molecular formula is C15H17NO3. The minimum atomic E-state index is -0.343. The summed E-state index contributed by atoms with van der Waals surface area (Å²) in [6, 6.07) is 12.0. The minimum Gasteiger partial charge on any atom is -0.496 e. The van der Waals surface area contributed by atoms with Gasteiger partial charge in [0.05, 0.1) is 19.8 Å². The van der Waals surface area contributed by atoms with Gasteiger partial charge in [-0.1, -0.05) is 24.3 Å². The predicted octanol–water partition coefficient (Wildman–Crippen LogP) is 2.22. The lowest BCUT2D eigenvalue weighted by Crippen LogP contribution is -2.21. The Kier molecular flexibility index (Phi) is 3.38. The fourth-order valence-corrected chi connectivity index (χ4v) is 2.41. The fraction of sp³-hybridized carbons (Fsp3) is 0.333. The summed E-state index contributed by atoms with van der Waals surface area (Å²) in [6.45, 7) is 1.02. The summed E-state index contributed by atoms with van der Waals surface area (Å²) in [5, 5.41) is 2.15. The monoisotopic (exact) mass is 259 g/mol. The van der Waals surface area contributed by atoms with Crippen LogP contribution in [0.3, 0.4) is 0 Å². The molecule has 2 N–H and O–H groups in total. The van der Waals surface area contributed by atoms with Crippen LogP contribution in [0.2, 0.25) is 0 Å². The predicted molar refractivity (Wildman–Crippen MR) is 73.1 cm³/mol. The van der Waals surface area contributed by atoms with Gasteiger partial charge in [0.1, 0.15) is 5.75 Å². The smallest absolute Gasteiger partial charge is 0.185 e. The molecule has 3 rings (SSSR count). The van der Waals surface area contributed by atoms with E-state index in [4.69, 9.17) is 19.9 Å². The highest BCUT2D eigenvalue weighted by atomic mass is 16.7. The third-order valence-corrected chi connectivity index (χ3v) is 3.40. The Bertz CT molecular complexity index is 585. The Labute approximate surface area is 112 Å². The number of ether oxygens (including phenoxy) is 3. The van der Waals surface area contributed by atoms with Gasteiger partial charge in [0, 0.05) is 17.5 Å². The standard InChI is InChI=1S/C15H17NO3/c1-17-14-7-6-13(11-4-2-3-5-12(11)14)15-18-9-10(8-16)19-15/h2-7,10,15H,8-9,16H2,1H3. The summed E-state index contributed by atoms with van der Waals surface area (Å²) >= 11 is 0. The molecule has 2 unspecified atom stereocenters. The van der Waals surface area contributed by atoms with Crippen LogP contribution in [-0.2, 0) is 9.47 Å². The van der Waals surface area contributed by atoms with Crippen molar-refractivity contribution in [2.45, 2.75) is 12.4 Å². The Morgan fingerprint density at radius 2 is 2.00 bits per heavy atom. The van der Waals surface area contributed by atoms with E-state index in [9.17, 15) is 0 Å². The van der Waals surface area contributed by atoms with E-state index in [2.05, 4.69) is 6.07 Å². The molecule has 1 saturated heterocycles. The van der Waals surface area contributed by atoms with Crippen LogP contribution in [0.25, 0.3) is 10.8 Å². The highest BCUT2D eigenvalue weighted by Gasteiger charge is 2.27. The Balaban J connectivity index is 2.05. The van der Waals surface area contributed by atoms with Crippen LogP contribution in [-0.4, -0.2) is 26.4 Å². The van der Waals surface area contributed by atoms with Crippen molar-refractivity contribution in [3.63, 3.8) is 0 Å². The Hall–Kier alpha value is -1.62. The zero-order chi connectivity index (χ0) is 13.2. The quantitative estimate of drug-likeness (QED) is 0.918. The van der Waals surface area contributed by atoms with Crippen molar-refractivity contribution < 1.29 is 14.2 Å². The molecular weight excluding hydrogens is 242 g/mol.